The Morgan fingerprint density at radius 1 is 1.00 bits per heavy atom. The highest BCUT2D eigenvalue weighted by molar-refractivity contribution is 7.92. The minimum absolute atomic E-state index is 0.0285. The van der Waals surface area contributed by atoms with Gasteiger partial charge in [0, 0.05) is 17.2 Å². The number of hydrogen-bond acceptors (Lipinski definition) is 5. The highest BCUT2D eigenvalue weighted by Crippen LogP contribution is 2.52. The van der Waals surface area contributed by atoms with Gasteiger partial charge < -0.3 is 14.8 Å². The molecule has 1 aliphatic heterocycles. The quantitative estimate of drug-likeness (QED) is 0.458. The number of sulfonamides is 1. The summed E-state index contributed by atoms with van der Waals surface area (Å²) in [5.41, 5.74) is 2.66. The molecule has 3 aromatic rings. The molecule has 5 rings (SSSR count). The maximum Gasteiger partial charge on any atom is 0.261 e. The average Bonchev–Trinajstić information content (AvgIpc) is 3.34. The minimum Gasteiger partial charge on any atom is -0.497 e. The molecule has 3 aromatic carbocycles. The minimum atomic E-state index is -3.96. The van der Waals surface area contributed by atoms with Crippen molar-refractivity contribution in [2.24, 2.45) is 5.92 Å². The van der Waals surface area contributed by atoms with Crippen LogP contribution in [0.2, 0.25) is 0 Å². The summed E-state index contributed by atoms with van der Waals surface area (Å²) in [6.45, 7) is 0. The maximum absolute atomic E-state index is 14.0. The van der Waals surface area contributed by atoms with Crippen LogP contribution in [0.1, 0.15) is 29.5 Å². The number of methoxy groups -OCH3 is 2. The van der Waals surface area contributed by atoms with Crippen molar-refractivity contribution in [3.8, 4) is 11.5 Å². The van der Waals surface area contributed by atoms with Crippen molar-refractivity contribution in [2.75, 3.05) is 24.3 Å². The van der Waals surface area contributed by atoms with Gasteiger partial charge in [0.1, 0.15) is 17.3 Å². The van der Waals surface area contributed by atoms with Gasteiger partial charge in [-0.3, -0.25) is 4.72 Å². The van der Waals surface area contributed by atoms with E-state index in [1.807, 2.05) is 18.2 Å². The summed E-state index contributed by atoms with van der Waals surface area (Å²) in [5, 5.41) is 3.60. The molecule has 0 bridgehead atoms. The molecule has 0 unspecified atom stereocenters. The molecule has 0 fully saturated rings. The first-order valence-corrected chi connectivity index (χ1v) is 12.5. The number of allylic oxidation sites excluding steroid dienone is 2. The third-order valence-electron chi connectivity index (χ3n) is 6.53. The number of benzene rings is 3. The Morgan fingerprint density at radius 2 is 1.82 bits per heavy atom. The number of rotatable bonds is 6. The summed E-state index contributed by atoms with van der Waals surface area (Å²) < 4.78 is 53.5. The highest BCUT2D eigenvalue weighted by atomic mass is 32.2. The average molecular weight is 481 g/mol. The van der Waals surface area contributed by atoms with Gasteiger partial charge in [0.05, 0.1) is 30.8 Å². The maximum atomic E-state index is 14.0. The Morgan fingerprint density at radius 3 is 2.59 bits per heavy atom. The van der Waals surface area contributed by atoms with Crippen LogP contribution < -0.4 is 19.5 Å². The highest BCUT2D eigenvalue weighted by Gasteiger charge is 2.39. The summed E-state index contributed by atoms with van der Waals surface area (Å²) >= 11 is 0. The zero-order valence-electron chi connectivity index (χ0n) is 18.8. The van der Waals surface area contributed by atoms with E-state index in [0.717, 1.165) is 34.7 Å². The molecular weight excluding hydrogens is 455 g/mol. The predicted octanol–water partition coefficient (Wildman–Crippen LogP) is 5.47. The standard InChI is InChI=1S/C26H25FN2O4S/c1-32-16-10-13-25(33-2)21(14-16)26-19-7-5-6-18(19)20-15-17(11-12-23(20)28-26)34(30,31)29-24-9-4-3-8-22(24)27/h3-6,8-15,18-19,26,28-29H,7H2,1-2H3/t18-,19+,26-/m0/s1. The van der Waals surface area contributed by atoms with Crippen LogP contribution in [0.4, 0.5) is 15.8 Å². The van der Waals surface area contributed by atoms with E-state index >= 15 is 0 Å². The second-order valence-electron chi connectivity index (χ2n) is 8.42. The number of halogens is 1. The topological polar surface area (TPSA) is 76.7 Å². The first kappa shape index (κ1) is 22.3. The largest absolute Gasteiger partial charge is 0.497 e. The number of anilines is 2. The molecule has 1 aliphatic carbocycles. The van der Waals surface area contributed by atoms with Crippen molar-refractivity contribution in [3.63, 3.8) is 0 Å². The monoisotopic (exact) mass is 480 g/mol. The summed E-state index contributed by atoms with van der Waals surface area (Å²) in [5.74, 6) is 1.08. The SMILES string of the molecule is COc1ccc(OC)c([C@H]2Nc3ccc(S(=O)(=O)Nc4ccccc4F)cc3[C@H]3C=CC[C@H]32)c1. The number of ether oxygens (including phenoxy) is 2. The van der Waals surface area contributed by atoms with Crippen LogP contribution in [0.25, 0.3) is 0 Å². The van der Waals surface area contributed by atoms with Gasteiger partial charge in [-0.2, -0.15) is 0 Å². The van der Waals surface area contributed by atoms with Gasteiger partial charge in [0.25, 0.3) is 10.0 Å². The molecule has 2 N–H and O–H groups in total. The second kappa shape index (κ2) is 8.68. The summed E-state index contributed by atoms with van der Waals surface area (Å²) in [4.78, 5) is 0.0905. The lowest BCUT2D eigenvalue weighted by Gasteiger charge is -2.38. The summed E-state index contributed by atoms with van der Waals surface area (Å²) in [6.07, 6.45) is 5.10. The van der Waals surface area contributed by atoms with E-state index in [1.165, 1.54) is 24.3 Å². The van der Waals surface area contributed by atoms with Gasteiger partial charge in [0.2, 0.25) is 0 Å². The molecule has 6 nitrogen and oxygen atoms in total. The third-order valence-corrected chi connectivity index (χ3v) is 7.90. The van der Waals surface area contributed by atoms with Gasteiger partial charge >= 0.3 is 0 Å². The Hall–Kier alpha value is -3.52. The molecule has 0 spiro atoms. The van der Waals surface area contributed by atoms with E-state index in [1.54, 1.807) is 32.4 Å². The molecule has 0 saturated heterocycles. The molecular formula is C26H25FN2O4S. The molecule has 0 saturated carbocycles. The van der Waals surface area contributed by atoms with Gasteiger partial charge in [-0.25, -0.2) is 12.8 Å². The first-order chi connectivity index (χ1) is 16.4. The Kier molecular flexibility index (Phi) is 5.69. The molecule has 8 heteroatoms. The molecule has 3 atom stereocenters. The molecule has 1 heterocycles. The van der Waals surface area contributed by atoms with Crippen LogP contribution in [0.3, 0.4) is 0 Å². The molecule has 176 valence electrons. The zero-order chi connectivity index (χ0) is 23.9. The fraction of sp³-hybridized carbons (Fsp3) is 0.231. The Bertz CT molecular complexity index is 1370. The van der Waals surface area contributed by atoms with Crippen molar-refractivity contribution < 1.29 is 22.3 Å². The van der Waals surface area contributed by atoms with Crippen LogP contribution in [0, 0.1) is 11.7 Å². The van der Waals surface area contributed by atoms with E-state index in [-0.39, 0.29) is 28.5 Å². The van der Waals surface area contributed by atoms with Gasteiger partial charge in [-0.15, -0.1) is 0 Å². The number of fused-ring (bicyclic) bond motifs is 3. The third kappa shape index (κ3) is 3.88. The van der Waals surface area contributed by atoms with Gasteiger partial charge in [-0.1, -0.05) is 24.3 Å². The molecule has 34 heavy (non-hydrogen) atoms. The number of hydrogen-bond donors (Lipinski definition) is 2. The summed E-state index contributed by atoms with van der Waals surface area (Å²) in [7, 11) is -0.685. The molecule has 0 aromatic heterocycles. The number of para-hydroxylation sites is 1. The van der Waals surface area contributed by atoms with Crippen LogP contribution in [-0.2, 0) is 10.0 Å². The van der Waals surface area contributed by atoms with E-state index in [2.05, 4.69) is 22.2 Å². The normalized spacial score (nSPS) is 20.7. The van der Waals surface area contributed by atoms with Crippen molar-refractivity contribution >= 4 is 21.4 Å². The fourth-order valence-corrected chi connectivity index (χ4v) is 5.98. The van der Waals surface area contributed by atoms with Crippen LogP contribution in [0.5, 0.6) is 11.5 Å². The van der Waals surface area contributed by atoms with Crippen LogP contribution >= 0.6 is 0 Å². The van der Waals surface area contributed by atoms with Crippen LogP contribution in [-0.4, -0.2) is 22.6 Å². The molecule has 2 aliphatic rings. The van der Waals surface area contributed by atoms with E-state index in [9.17, 15) is 12.8 Å². The second-order valence-corrected chi connectivity index (χ2v) is 10.1. The van der Waals surface area contributed by atoms with Gasteiger partial charge in [0.15, 0.2) is 0 Å². The first-order valence-electron chi connectivity index (χ1n) is 11.0. The van der Waals surface area contributed by atoms with Crippen LogP contribution in [0.15, 0.2) is 77.7 Å². The van der Waals surface area contributed by atoms with Crippen molar-refractivity contribution in [1.82, 2.24) is 0 Å². The van der Waals surface area contributed by atoms with Gasteiger partial charge in [-0.05, 0) is 66.4 Å². The molecule has 0 amide bonds. The molecule has 0 radical (unpaired) electrons. The lowest BCUT2D eigenvalue weighted by molar-refractivity contribution is 0.374. The van der Waals surface area contributed by atoms with Crippen molar-refractivity contribution in [1.29, 1.82) is 0 Å². The smallest absolute Gasteiger partial charge is 0.261 e. The zero-order valence-corrected chi connectivity index (χ0v) is 19.6. The van der Waals surface area contributed by atoms with Crippen molar-refractivity contribution in [2.45, 2.75) is 23.3 Å². The Balaban J connectivity index is 1.52. The summed E-state index contributed by atoms with van der Waals surface area (Å²) in [6, 6.07) is 16.4. The van der Waals surface area contributed by atoms with Crippen molar-refractivity contribution in [3.05, 3.63) is 89.8 Å². The Labute approximate surface area is 198 Å². The fourth-order valence-electron chi connectivity index (χ4n) is 4.88. The van der Waals surface area contributed by atoms with E-state index in [4.69, 9.17) is 9.47 Å². The van der Waals surface area contributed by atoms with E-state index in [0.29, 0.717) is 0 Å². The lowest BCUT2D eigenvalue weighted by atomic mass is 9.77. The lowest BCUT2D eigenvalue weighted by Crippen LogP contribution is -2.29. The van der Waals surface area contributed by atoms with E-state index < -0.39 is 15.8 Å². The predicted molar refractivity (Wildman–Crippen MR) is 130 cm³/mol. The number of nitrogens with one attached hydrogen (secondary N) is 2.